The van der Waals surface area contributed by atoms with E-state index < -0.39 is 23.7 Å². The molecule has 8 nitrogen and oxygen atoms in total. The molecule has 0 bridgehead atoms. The maximum absolute atomic E-state index is 12.7. The number of carbonyl (C=O) groups is 3. The second-order valence-electron chi connectivity index (χ2n) is 7.68. The van der Waals surface area contributed by atoms with Crippen LogP contribution in [0, 0.1) is 5.92 Å². The Balaban J connectivity index is 0.000000479. The van der Waals surface area contributed by atoms with Crippen LogP contribution in [0.5, 0.6) is 0 Å². The van der Waals surface area contributed by atoms with Crippen molar-refractivity contribution < 1.29 is 37.4 Å². The van der Waals surface area contributed by atoms with Crippen LogP contribution in [0.4, 0.5) is 18.9 Å². The second-order valence-corrected chi connectivity index (χ2v) is 7.68. The first kappa shape index (κ1) is 26.3. The van der Waals surface area contributed by atoms with Crippen molar-refractivity contribution in [1.29, 1.82) is 0 Å². The van der Waals surface area contributed by atoms with Gasteiger partial charge in [-0.05, 0) is 43.5 Å². The smallest absolute Gasteiger partial charge is 0.475 e. The van der Waals surface area contributed by atoms with E-state index in [2.05, 4.69) is 5.32 Å². The first-order chi connectivity index (χ1) is 15.5. The molecule has 0 aliphatic carbocycles. The summed E-state index contributed by atoms with van der Waals surface area (Å²) < 4.78 is 37.6. The molecule has 2 aliphatic rings. The maximum atomic E-state index is 12.7. The molecule has 0 saturated carbocycles. The number of carboxylic acids is 1. The van der Waals surface area contributed by atoms with E-state index in [0.29, 0.717) is 26.1 Å². The number of carbonyl (C=O) groups excluding carboxylic acids is 2. The van der Waals surface area contributed by atoms with Gasteiger partial charge in [0, 0.05) is 31.3 Å². The van der Waals surface area contributed by atoms with Crippen molar-refractivity contribution >= 4 is 23.5 Å². The Hall–Kier alpha value is -2.92. The molecule has 0 unspecified atom stereocenters. The van der Waals surface area contributed by atoms with Gasteiger partial charge in [-0.15, -0.1) is 0 Å². The number of hydrogen-bond donors (Lipinski definition) is 3. The number of aliphatic carboxylic acids is 1. The van der Waals surface area contributed by atoms with Gasteiger partial charge in [0.15, 0.2) is 5.60 Å². The first-order valence-electron chi connectivity index (χ1n) is 10.5. The van der Waals surface area contributed by atoms with Gasteiger partial charge in [-0.25, -0.2) is 4.79 Å². The summed E-state index contributed by atoms with van der Waals surface area (Å²) in [5.74, 6) is -3.57. The zero-order chi connectivity index (χ0) is 24.6. The maximum Gasteiger partial charge on any atom is 0.490 e. The van der Waals surface area contributed by atoms with Crippen molar-refractivity contribution in [1.82, 2.24) is 5.32 Å². The third-order valence-electron chi connectivity index (χ3n) is 5.57. The number of rotatable bonds is 5. The molecule has 0 aromatic heterocycles. The lowest BCUT2D eigenvalue weighted by Crippen LogP contribution is -2.56. The molecule has 3 rings (SSSR count). The number of primary amides is 1. The van der Waals surface area contributed by atoms with Gasteiger partial charge in [0.05, 0.1) is 0 Å². The highest BCUT2D eigenvalue weighted by molar-refractivity contribution is 6.03. The van der Waals surface area contributed by atoms with Crippen molar-refractivity contribution in [3.8, 4) is 0 Å². The van der Waals surface area contributed by atoms with Crippen LogP contribution in [0.3, 0.4) is 0 Å². The minimum Gasteiger partial charge on any atom is -0.475 e. The Kier molecular flexibility index (Phi) is 9.00. The van der Waals surface area contributed by atoms with Crippen LogP contribution in [0.1, 0.15) is 25.3 Å². The number of nitrogens with zero attached hydrogens (tertiary/aromatic N) is 1. The standard InChI is InChI=1S/C20H27N3O3.C2HF3O2/c1-2-16(20(19(21)25)14-22-11-5-13-26-20)8-9-18(24)23-12-10-15-6-3-4-7-17(15)23;3-2(4,5)1(6)7/h3-4,6-9,16,22H,2,5,10-14H2,1H3,(H2,21,25);(H,6,7)/t16-,20+;/m0./s1. The SMILES string of the molecule is CC[C@@H](C=CC(=O)N1CCc2ccccc21)[C@@]1(C(N)=O)CNCCCO1.O=C(O)C(F)(F)F. The number of hydrogen-bond acceptors (Lipinski definition) is 5. The molecule has 33 heavy (non-hydrogen) atoms. The van der Waals surface area contributed by atoms with Crippen LogP contribution in [0.15, 0.2) is 36.4 Å². The van der Waals surface area contributed by atoms with Crippen molar-refractivity contribution in [3.05, 3.63) is 42.0 Å². The number of carboxylic acid groups (broad SMARTS) is 1. The average Bonchev–Trinajstić information content (AvgIpc) is 3.03. The van der Waals surface area contributed by atoms with Gasteiger partial charge in [-0.1, -0.05) is 31.2 Å². The molecular weight excluding hydrogens is 443 g/mol. The van der Waals surface area contributed by atoms with E-state index in [1.54, 1.807) is 17.1 Å². The highest BCUT2D eigenvalue weighted by Gasteiger charge is 2.44. The molecule has 0 spiro atoms. The summed E-state index contributed by atoms with van der Waals surface area (Å²) in [6.07, 6.45) is 0.630. The van der Waals surface area contributed by atoms with E-state index >= 15 is 0 Å². The van der Waals surface area contributed by atoms with Crippen molar-refractivity contribution in [2.75, 3.05) is 31.1 Å². The number of amides is 2. The fourth-order valence-corrected chi connectivity index (χ4v) is 3.83. The normalized spacial score (nSPS) is 21.5. The van der Waals surface area contributed by atoms with Crippen LogP contribution in [0.2, 0.25) is 0 Å². The zero-order valence-corrected chi connectivity index (χ0v) is 18.2. The van der Waals surface area contributed by atoms with Gasteiger partial charge in [-0.2, -0.15) is 13.2 Å². The Bertz CT molecular complexity index is 880. The van der Waals surface area contributed by atoms with Gasteiger partial charge in [0.2, 0.25) is 0 Å². The zero-order valence-electron chi connectivity index (χ0n) is 18.2. The second kappa shape index (κ2) is 11.3. The molecule has 2 heterocycles. The lowest BCUT2D eigenvalue weighted by molar-refractivity contribution is -0.192. The summed E-state index contributed by atoms with van der Waals surface area (Å²) in [7, 11) is 0. The summed E-state index contributed by atoms with van der Waals surface area (Å²) in [4.78, 5) is 35.6. The summed E-state index contributed by atoms with van der Waals surface area (Å²) in [6, 6.07) is 7.95. The van der Waals surface area contributed by atoms with Crippen molar-refractivity contribution in [3.63, 3.8) is 0 Å². The number of alkyl halides is 3. The number of para-hydroxylation sites is 1. The molecule has 182 valence electrons. The molecule has 2 atom stereocenters. The average molecular weight is 471 g/mol. The van der Waals surface area contributed by atoms with Gasteiger partial charge in [0.1, 0.15) is 0 Å². The summed E-state index contributed by atoms with van der Waals surface area (Å²) in [5, 5.41) is 10.4. The lowest BCUT2D eigenvalue weighted by atomic mass is 9.83. The summed E-state index contributed by atoms with van der Waals surface area (Å²) in [6.45, 7) is 4.29. The van der Waals surface area contributed by atoms with Crippen LogP contribution in [-0.2, 0) is 25.5 Å². The molecule has 0 radical (unpaired) electrons. The quantitative estimate of drug-likeness (QED) is 0.565. The molecule has 1 aromatic carbocycles. The fraction of sp³-hybridized carbons (Fsp3) is 0.500. The van der Waals surface area contributed by atoms with Crippen LogP contribution < -0.4 is 16.0 Å². The number of anilines is 1. The van der Waals surface area contributed by atoms with E-state index in [-0.39, 0.29) is 11.8 Å². The van der Waals surface area contributed by atoms with Crippen molar-refractivity contribution in [2.45, 2.75) is 38.0 Å². The topological polar surface area (TPSA) is 122 Å². The number of halogens is 3. The Morgan fingerprint density at radius 3 is 2.61 bits per heavy atom. The minimum atomic E-state index is -5.08. The Morgan fingerprint density at radius 2 is 2.00 bits per heavy atom. The molecular formula is C22H28F3N3O5. The predicted molar refractivity (Wildman–Crippen MR) is 114 cm³/mol. The van der Waals surface area contributed by atoms with Gasteiger partial charge < -0.3 is 25.8 Å². The number of nitrogens with two attached hydrogens (primary N) is 1. The minimum absolute atomic E-state index is 0.0744. The van der Waals surface area contributed by atoms with E-state index in [1.807, 2.05) is 31.2 Å². The third kappa shape index (κ3) is 6.55. The molecule has 1 aromatic rings. The fourth-order valence-electron chi connectivity index (χ4n) is 3.83. The third-order valence-corrected chi connectivity index (χ3v) is 5.57. The monoisotopic (exact) mass is 471 g/mol. The summed E-state index contributed by atoms with van der Waals surface area (Å²) >= 11 is 0. The highest BCUT2D eigenvalue weighted by atomic mass is 19.4. The predicted octanol–water partition coefficient (Wildman–Crippen LogP) is 2.03. The number of nitrogens with one attached hydrogen (secondary N) is 1. The largest absolute Gasteiger partial charge is 0.490 e. The number of ether oxygens (including phenoxy) is 1. The molecule has 1 saturated heterocycles. The summed E-state index contributed by atoms with van der Waals surface area (Å²) in [5.41, 5.74) is 6.75. The molecule has 4 N–H and O–H groups in total. The van der Waals surface area contributed by atoms with E-state index in [0.717, 1.165) is 25.1 Å². The number of benzene rings is 1. The van der Waals surface area contributed by atoms with Gasteiger partial charge in [-0.3, -0.25) is 9.59 Å². The highest BCUT2D eigenvalue weighted by Crippen LogP contribution is 2.30. The van der Waals surface area contributed by atoms with E-state index in [1.165, 1.54) is 5.56 Å². The first-order valence-corrected chi connectivity index (χ1v) is 10.5. The van der Waals surface area contributed by atoms with E-state index in [9.17, 15) is 22.8 Å². The molecule has 2 aliphatic heterocycles. The molecule has 1 fully saturated rings. The van der Waals surface area contributed by atoms with Crippen LogP contribution >= 0.6 is 0 Å². The van der Waals surface area contributed by atoms with Crippen LogP contribution in [-0.4, -0.2) is 60.9 Å². The van der Waals surface area contributed by atoms with Crippen LogP contribution in [0.25, 0.3) is 0 Å². The molecule has 11 heteroatoms. The molecule has 2 amide bonds. The van der Waals surface area contributed by atoms with Gasteiger partial charge in [0.25, 0.3) is 11.8 Å². The Morgan fingerprint density at radius 1 is 1.33 bits per heavy atom. The number of fused-ring (bicyclic) bond motifs is 1. The van der Waals surface area contributed by atoms with Crippen molar-refractivity contribution in [2.24, 2.45) is 11.7 Å². The van der Waals surface area contributed by atoms with E-state index in [4.69, 9.17) is 20.4 Å². The lowest BCUT2D eigenvalue weighted by Gasteiger charge is -2.35. The Labute approximate surface area is 189 Å². The van der Waals surface area contributed by atoms with Gasteiger partial charge >= 0.3 is 12.1 Å².